The molecule has 0 N–H and O–H groups in total. The summed E-state index contributed by atoms with van der Waals surface area (Å²) in [5, 5.41) is 0. The molecular formula is C18H20Br2N4S. The Hall–Kier alpha value is -1.31. The lowest BCUT2D eigenvalue weighted by atomic mass is 10.2. The number of benzene rings is 2. The number of aryl methyl sites for hydroxylation is 2. The molecule has 0 unspecified atom stereocenters. The van der Waals surface area contributed by atoms with E-state index < -0.39 is 0 Å². The lowest BCUT2D eigenvalue weighted by Gasteiger charge is -2.18. The van der Waals surface area contributed by atoms with E-state index >= 15 is 0 Å². The predicted octanol–water partition coefficient (Wildman–Crippen LogP) is 6.28. The van der Waals surface area contributed by atoms with E-state index in [1.165, 1.54) is 12.1 Å². The predicted molar refractivity (Wildman–Crippen MR) is 117 cm³/mol. The first-order valence-corrected chi connectivity index (χ1v) is 9.91. The molecule has 2 rings (SSSR count). The second-order valence-electron chi connectivity index (χ2n) is 5.52. The Morgan fingerprint density at radius 2 is 1.20 bits per heavy atom. The maximum absolute atomic E-state index is 4.52. The molecule has 2 aromatic carbocycles. The first-order valence-electron chi connectivity index (χ1n) is 7.59. The smallest absolute Gasteiger partial charge is 0.102 e. The average molecular weight is 484 g/mol. The van der Waals surface area contributed by atoms with Gasteiger partial charge < -0.3 is 0 Å². The van der Waals surface area contributed by atoms with Crippen molar-refractivity contribution in [2.75, 3.05) is 14.1 Å². The van der Waals surface area contributed by atoms with Crippen molar-refractivity contribution in [3.63, 3.8) is 0 Å². The molecule has 0 saturated heterocycles. The Bertz CT molecular complexity index is 727. The first-order chi connectivity index (χ1) is 11.8. The van der Waals surface area contributed by atoms with E-state index in [-0.39, 0.29) is 0 Å². The number of rotatable bonds is 6. The van der Waals surface area contributed by atoms with Crippen LogP contribution in [0.5, 0.6) is 0 Å². The Morgan fingerprint density at radius 1 is 0.800 bits per heavy atom. The van der Waals surface area contributed by atoms with Crippen LogP contribution in [-0.2, 0) is 0 Å². The molecular weight excluding hydrogens is 464 g/mol. The summed E-state index contributed by atoms with van der Waals surface area (Å²) >= 11 is 8.43. The molecule has 0 aliphatic rings. The van der Waals surface area contributed by atoms with Crippen molar-refractivity contribution in [1.29, 1.82) is 0 Å². The standard InChI is InChI=1S/C18H20Br2N4S/c1-13-9-15(19)5-7-17(13)21-11-23(3)25-24(4)12-22-18-8-6-16(20)10-14(18)2/h5-12H,1-4H3. The molecule has 0 aliphatic carbocycles. The third kappa shape index (κ3) is 6.49. The van der Waals surface area contributed by atoms with Crippen molar-refractivity contribution in [1.82, 2.24) is 8.61 Å². The SMILES string of the molecule is Cc1cc(Br)ccc1N=CN(C)SN(C)C=Nc1ccc(Br)cc1C. The van der Waals surface area contributed by atoms with Crippen LogP contribution < -0.4 is 0 Å². The minimum absolute atomic E-state index is 0.956. The van der Waals surface area contributed by atoms with Gasteiger partial charge in [-0.1, -0.05) is 31.9 Å². The molecule has 0 aliphatic heterocycles. The van der Waals surface area contributed by atoms with Crippen molar-refractivity contribution < 1.29 is 0 Å². The Kier molecular flexibility index (Phi) is 7.53. The lowest BCUT2D eigenvalue weighted by Crippen LogP contribution is -2.16. The van der Waals surface area contributed by atoms with Gasteiger partial charge in [-0.3, -0.25) is 8.61 Å². The zero-order valence-electron chi connectivity index (χ0n) is 14.6. The molecule has 0 radical (unpaired) electrons. The molecule has 132 valence electrons. The van der Waals surface area contributed by atoms with Crippen LogP contribution in [0, 0.1) is 13.8 Å². The summed E-state index contributed by atoms with van der Waals surface area (Å²) in [6.45, 7) is 4.09. The van der Waals surface area contributed by atoms with Gasteiger partial charge in [0.05, 0.1) is 23.5 Å². The number of hydrogen-bond acceptors (Lipinski definition) is 3. The molecule has 0 heterocycles. The van der Waals surface area contributed by atoms with Gasteiger partial charge in [-0.25, -0.2) is 9.98 Å². The largest absolute Gasteiger partial charge is 0.292 e. The fourth-order valence-electron chi connectivity index (χ4n) is 2.06. The second kappa shape index (κ2) is 9.40. The normalized spacial score (nSPS) is 11.4. The van der Waals surface area contributed by atoms with Gasteiger partial charge in [0, 0.05) is 23.0 Å². The lowest BCUT2D eigenvalue weighted by molar-refractivity contribution is 0.779. The zero-order valence-corrected chi connectivity index (χ0v) is 18.6. The monoisotopic (exact) mass is 482 g/mol. The van der Waals surface area contributed by atoms with Crippen molar-refractivity contribution in [3.8, 4) is 0 Å². The molecule has 25 heavy (non-hydrogen) atoms. The summed E-state index contributed by atoms with van der Waals surface area (Å²) in [6, 6.07) is 12.1. The van der Waals surface area contributed by atoms with Crippen molar-refractivity contribution in [2.45, 2.75) is 13.8 Å². The number of hydrogen-bond donors (Lipinski definition) is 0. The maximum Gasteiger partial charge on any atom is 0.102 e. The average Bonchev–Trinajstić information content (AvgIpc) is 2.53. The number of halogens is 2. The Morgan fingerprint density at radius 3 is 1.56 bits per heavy atom. The Labute approximate surface area is 170 Å². The van der Waals surface area contributed by atoms with Gasteiger partial charge in [-0.2, -0.15) is 0 Å². The molecule has 7 heteroatoms. The minimum Gasteiger partial charge on any atom is -0.292 e. The van der Waals surface area contributed by atoms with E-state index in [0.29, 0.717) is 0 Å². The van der Waals surface area contributed by atoms with Gasteiger partial charge in [0.15, 0.2) is 0 Å². The van der Waals surface area contributed by atoms with Crippen LogP contribution in [0.2, 0.25) is 0 Å². The van der Waals surface area contributed by atoms with Gasteiger partial charge in [0.2, 0.25) is 0 Å². The summed E-state index contributed by atoms with van der Waals surface area (Å²) in [5.74, 6) is 0. The van der Waals surface area contributed by atoms with Crippen LogP contribution in [0.1, 0.15) is 11.1 Å². The van der Waals surface area contributed by atoms with E-state index in [9.17, 15) is 0 Å². The molecule has 0 aromatic heterocycles. The van der Waals surface area contributed by atoms with Crippen LogP contribution in [0.4, 0.5) is 11.4 Å². The van der Waals surface area contributed by atoms with Crippen molar-refractivity contribution >= 4 is 68.0 Å². The number of aliphatic imine (C=N–C) groups is 2. The molecule has 4 nitrogen and oxygen atoms in total. The van der Waals surface area contributed by atoms with E-state index in [1.807, 2.05) is 60.8 Å². The van der Waals surface area contributed by atoms with Crippen LogP contribution in [-0.4, -0.2) is 35.4 Å². The van der Waals surface area contributed by atoms with E-state index in [0.717, 1.165) is 31.4 Å². The number of nitrogens with zero attached hydrogens (tertiary/aromatic N) is 4. The van der Waals surface area contributed by atoms with Crippen LogP contribution in [0.25, 0.3) is 0 Å². The van der Waals surface area contributed by atoms with Gasteiger partial charge >= 0.3 is 0 Å². The highest BCUT2D eigenvalue weighted by Gasteiger charge is 2.01. The van der Waals surface area contributed by atoms with Gasteiger partial charge in [0.1, 0.15) is 12.7 Å². The molecule has 2 aromatic rings. The molecule has 0 atom stereocenters. The summed E-state index contributed by atoms with van der Waals surface area (Å²) < 4.78 is 5.99. The Balaban J connectivity index is 1.94. The van der Waals surface area contributed by atoms with E-state index in [1.54, 1.807) is 12.7 Å². The van der Waals surface area contributed by atoms with Gasteiger partial charge in [0.25, 0.3) is 0 Å². The van der Waals surface area contributed by atoms with Crippen LogP contribution in [0.15, 0.2) is 55.3 Å². The molecule has 0 spiro atoms. The van der Waals surface area contributed by atoms with E-state index in [4.69, 9.17) is 0 Å². The topological polar surface area (TPSA) is 31.2 Å². The summed E-state index contributed by atoms with van der Waals surface area (Å²) in [4.78, 5) is 9.05. The summed E-state index contributed by atoms with van der Waals surface area (Å²) in [5.41, 5.74) is 4.17. The molecule has 0 amide bonds. The third-order valence-electron chi connectivity index (χ3n) is 3.29. The molecule has 0 saturated carbocycles. The highest BCUT2D eigenvalue weighted by Crippen LogP contribution is 2.24. The second-order valence-corrected chi connectivity index (χ2v) is 8.67. The molecule has 0 bridgehead atoms. The highest BCUT2D eigenvalue weighted by molar-refractivity contribution is 9.10. The quantitative estimate of drug-likeness (QED) is 0.275. The first kappa shape index (κ1) is 20.0. The fraction of sp³-hybridized carbons (Fsp3) is 0.222. The van der Waals surface area contributed by atoms with Gasteiger partial charge in [-0.05, 0) is 61.4 Å². The van der Waals surface area contributed by atoms with Crippen molar-refractivity contribution in [2.24, 2.45) is 9.98 Å². The minimum atomic E-state index is 0.956. The van der Waals surface area contributed by atoms with E-state index in [2.05, 4.69) is 54.0 Å². The zero-order chi connectivity index (χ0) is 18.4. The third-order valence-corrected chi connectivity index (χ3v) is 4.98. The van der Waals surface area contributed by atoms with Crippen LogP contribution in [0.3, 0.4) is 0 Å². The fourth-order valence-corrected chi connectivity index (χ4v) is 3.60. The van der Waals surface area contributed by atoms with Gasteiger partial charge in [-0.15, -0.1) is 0 Å². The molecule has 0 fully saturated rings. The maximum atomic E-state index is 4.52. The summed E-state index contributed by atoms with van der Waals surface area (Å²) in [7, 11) is 3.91. The van der Waals surface area contributed by atoms with Crippen molar-refractivity contribution in [3.05, 3.63) is 56.5 Å². The van der Waals surface area contributed by atoms with Crippen LogP contribution >= 0.6 is 44.0 Å². The highest BCUT2D eigenvalue weighted by atomic mass is 79.9. The summed E-state index contributed by atoms with van der Waals surface area (Å²) in [6.07, 6.45) is 3.60.